The lowest BCUT2D eigenvalue weighted by atomic mass is 9.96. The van der Waals surface area contributed by atoms with Gasteiger partial charge in [0.15, 0.2) is 0 Å². The van der Waals surface area contributed by atoms with Gasteiger partial charge in [0.2, 0.25) is 0 Å². The summed E-state index contributed by atoms with van der Waals surface area (Å²) in [5.41, 5.74) is 0. The average Bonchev–Trinajstić information content (AvgIpc) is 2.28. The summed E-state index contributed by atoms with van der Waals surface area (Å²) in [5.74, 6) is -1.37. The zero-order chi connectivity index (χ0) is 13.7. The molecule has 1 aliphatic rings. The van der Waals surface area contributed by atoms with Crippen LogP contribution in [0.3, 0.4) is 0 Å². The van der Waals surface area contributed by atoms with Gasteiger partial charge in [-0.25, -0.2) is 4.79 Å². The van der Waals surface area contributed by atoms with Crippen LogP contribution in [0.1, 0.15) is 13.8 Å². The minimum atomic E-state index is -0.858. The standard InChI is InChI=1S/C12H23N3O3/c1-9(2)10(11(16)17)8-13-12(18)15-6-4-14(3)5-7-15/h9-10H,4-8H2,1-3H3,(H,13,18)(H,16,17). The lowest BCUT2D eigenvalue weighted by Gasteiger charge is -2.32. The molecule has 1 unspecified atom stereocenters. The number of carboxylic acid groups (broad SMARTS) is 1. The Labute approximate surface area is 108 Å². The largest absolute Gasteiger partial charge is 0.481 e. The minimum absolute atomic E-state index is 0.00953. The number of carbonyl (C=O) groups excluding carboxylic acids is 1. The molecule has 0 radical (unpaired) electrons. The fourth-order valence-electron chi connectivity index (χ4n) is 1.93. The molecule has 0 spiro atoms. The number of hydrogen-bond donors (Lipinski definition) is 2. The van der Waals surface area contributed by atoms with Crippen molar-refractivity contribution in [1.29, 1.82) is 0 Å². The van der Waals surface area contributed by atoms with Crippen LogP contribution in [0.4, 0.5) is 4.79 Å². The highest BCUT2D eigenvalue weighted by atomic mass is 16.4. The molecular weight excluding hydrogens is 234 g/mol. The van der Waals surface area contributed by atoms with Crippen molar-refractivity contribution >= 4 is 12.0 Å². The molecule has 0 aromatic carbocycles. The van der Waals surface area contributed by atoms with Crippen LogP contribution in [0.5, 0.6) is 0 Å². The van der Waals surface area contributed by atoms with Crippen molar-refractivity contribution in [2.75, 3.05) is 39.8 Å². The van der Waals surface area contributed by atoms with Crippen LogP contribution in [0.2, 0.25) is 0 Å². The summed E-state index contributed by atoms with van der Waals surface area (Å²) in [6, 6.07) is -0.157. The van der Waals surface area contributed by atoms with Gasteiger partial charge in [-0.3, -0.25) is 4.79 Å². The molecule has 0 saturated carbocycles. The van der Waals surface area contributed by atoms with E-state index in [4.69, 9.17) is 5.11 Å². The van der Waals surface area contributed by atoms with Crippen molar-refractivity contribution in [3.05, 3.63) is 0 Å². The molecule has 1 heterocycles. The van der Waals surface area contributed by atoms with E-state index < -0.39 is 11.9 Å². The predicted molar refractivity (Wildman–Crippen MR) is 68.4 cm³/mol. The number of carboxylic acids is 1. The Balaban J connectivity index is 2.38. The van der Waals surface area contributed by atoms with Gasteiger partial charge in [-0.2, -0.15) is 0 Å². The first-order chi connectivity index (χ1) is 8.41. The molecule has 1 atom stereocenters. The molecule has 6 nitrogen and oxygen atoms in total. The van der Waals surface area contributed by atoms with Gasteiger partial charge in [-0.05, 0) is 13.0 Å². The lowest BCUT2D eigenvalue weighted by Crippen LogP contribution is -2.51. The quantitative estimate of drug-likeness (QED) is 0.760. The Morgan fingerprint density at radius 3 is 2.22 bits per heavy atom. The van der Waals surface area contributed by atoms with Gasteiger partial charge < -0.3 is 20.2 Å². The zero-order valence-electron chi connectivity index (χ0n) is 11.3. The summed E-state index contributed by atoms with van der Waals surface area (Å²) in [4.78, 5) is 26.8. The van der Waals surface area contributed by atoms with Gasteiger partial charge in [-0.15, -0.1) is 0 Å². The topological polar surface area (TPSA) is 72.9 Å². The van der Waals surface area contributed by atoms with Gasteiger partial charge >= 0.3 is 12.0 Å². The first-order valence-corrected chi connectivity index (χ1v) is 6.36. The van der Waals surface area contributed by atoms with Crippen molar-refractivity contribution in [1.82, 2.24) is 15.1 Å². The fourth-order valence-corrected chi connectivity index (χ4v) is 1.93. The second-order valence-corrected chi connectivity index (χ2v) is 5.17. The van der Waals surface area contributed by atoms with Crippen LogP contribution in [-0.4, -0.2) is 66.7 Å². The van der Waals surface area contributed by atoms with E-state index in [1.165, 1.54) is 0 Å². The maximum absolute atomic E-state index is 11.9. The summed E-state index contributed by atoms with van der Waals surface area (Å²) < 4.78 is 0. The molecule has 1 aliphatic heterocycles. The summed E-state index contributed by atoms with van der Waals surface area (Å²) in [7, 11) is 2.02. The SMILES string of the molecule is CC(C)C(CNC(=O)N1CCN(C)CC1)C(=O)O. The van der Waals surface area contributed by atoms with Gasteiger partial charge in [0.05, 0.1) is 5.92 Å². The molecule has 104 valence electrons. The van der Waals surface area contributed by atoms with Crippen molar-refractivity contribution in [2.24, 2.45) is 11.8 Å². The molecule has 0 aliphatic carbocycles. The average molecular weight is 257 g/mol. The zero-order valence-corrected chi connectivity index (χ0v) is 11.3. The monoisotopic (exact) mass is 257 g/mol. The normalized spacial score (nSPS) is 18.8. The van der Waals surface area contributed by atoms with E-state index in [9.17, 15) is 9.59 Å². The molecule has 0 aromatic rings. The van der Waals surface area contributed by atoms with Crippen LogP contribution < -0.4 is 5.32 Å². The maximum atomic E-state index is 11.9. The Bertz CT molecular complexity index is 299. The van der Waals surface area contributed by atoms with Gasteiger partial charge in [0.1, 0.15) is 0 Å². The summed E-state index contributed by atoms with van der Waals surface area (Å²) in [5, 5.41) is 11.7. The van der Waals surface area contributed by atoms with E-state index in [0.29, 0.717) is 13.1 Å². The second-order valence-electron chi connectivity index (χ2n) is 5.17. The molecule has 1 fully saturated rings. The third kappa shape index (κ3) is 4.18. The number of amides is 2. The molecule has 2 N–H and O–H groups in total. The number of nitrogens with zero attached hydrogens (tertiary/aromatic N) is 2. The van der Waals surface area contributed by atoms with Crippen molar-refractivity contribution in [3.8, 4) is 0 Å². The highest BCUT2D eigenvalue weighted by Gasteiger charge is 2.24. The van der Waals surface area contributed by atoms with Crippen LogP contribution >= 0.6 is 0 Å². The van der Waals surface area contributed by atoms with E-state index in [2.05, 4.69) is 10.2 Å². The molecule has 1 rings (SSSR count). The highest BCUT2D eigenvalue weighted by Crippen LogP contribution is 2.10. The second kappa shape index (κ2) is 6.58. The highest BCUT2D eigenvalue weighted by molar-refractivity contribution is 5.76. The van der Waals surface area contributed by atoms with E-state index in [-0.39, 0.29) is 18.5 Å². The molecule has 1 saturated heterocycles. The van der Waals surface area contributed by atoms with E-state index in [1.807, 2.05) is 20.9 Å². The molecule has 2 amide bonds. The van der Waals surface area contributed by atoms with Crippen LogP contribution in [0, 0.1) is 11.8 Å². The van der Waals surface area contributed by atoms with Crippen LogP contribution in [0.25, 0.3) is 0 Å². The number of nitrogens with one attached hydrogen (secondary N) is 1. The van der Waals surface area contributed by atoms with Crippen LogP contribution in [0.15, 0.2) is 0 Å². The smallest absolute Gasteiger partial charge is 0.317 e. The van der Waals surface area contributed by atoms with Gasteiger partial charge in [0, 0.05) is 32.7 Å². The first-order valence-electron chi connectivity index (χ1n) is 6.36. The third-order valence-electron chi connectivity index (χ3n) is 3.39. The Morgan fingerprint density at radius 2 is 1.78 bits per heavy atom. The summed E-state index contributed by atoms with van der Waals surface area (Å²) >= 11 is 0. The molecule has 0 bridgehead atoms. The van der Waals surface area contributed by atoms with E-state index in [0.717, 1.165) is 13.1 Å². The van der Waals surface area contributed by atoms with Crippen molar-refractivity contribution in [3.63, 3.8) is 0 Å². The molecule has 0 aromatic heterocycles. The van der Waals surface area contributed by atoms with Crippen molar-refractivity contribution in [2.45, 2.75) is 13.8 Å². The number of hydrogen-bond acceptors (Lipinski definition) is 3. The summed E-state index contributed by atoms with van der Waals surface area (Å²) in [6.07, 6.45) is 0. The Morgan fingerprint density at radius 1 is 1.22 bits per heavy atom. The fraction of sp³-hybridized carbons (Fsp3) is 0.833. The number of urea groups is 1. The Kier molecular flexibility index (Phi) is 5.40. The number of carbonyl (C=O) groups is 2. The number of rotatable bonds is 4. The minimum Gasteiger partial charge on any atom is -0.481 e. The molecule has 6 heteroatoms. The van der Waals surface area contributed by atoms with E-state index >= 15 is 0 Å². The predicted octanol–water partition coefficient (Wildman–Crippen LogP) is 0.300. The maximum Gasteiger partial charge on any atom is 0.317 e. The molecule has 18 heavy (non-hydrogen) atoms. The first kappa shape index (κ1) is 14.8. The van der Waals surface area contributed by atoms with Gasteiger partial charge in [0.25, 0.3) is 0 Å². The van der Waals surface area contributed by atoms with Crippen molar-refractivity contribution < 1.29 is 14.7 Å². The van der Waals surface area contributed by atoms with E-state index in [1.54, 1.807) is 4.90 Å². The number of likely N-dealkylation sites (N-methyl/N-ethyl adjacent to an activating group) is 1. The van der Waals surface area contributed by atoms with Gasteiger partial charge in [-0.1, -0.05) is 13.8 Å². The Hall–Kier alpha value is -1.30. The summed E-state index contributed by atoms with van der Waals surface area (Å²) in [6.45, 7) is 7.00. The number of piperazine rings is 1. The third-order valence-corrected chi connectivity index (χ3v) is 3.39. The van der Waals surface area contributed by atoms with Crippen LogP contribution in [-0.2, 0) is 4.79 Å². The lowest BCUT2D eigenvalue weighted by molar-refractivity contribution is -0.142. The molecular formula is C12H23N3O3. The number of aliphatic carboxylic acids is 1.